The summed E-state index contributed by atoms with van der Waals surface area (Å²) in [5.41, 5.74) is 0. The molecule has 0 bridgehead atoms. The molecular formula is C4H8O2Sn. The molecule has 0 heterocycles. The van der Waals surface area contributed by atoms with Gasteiger partial charge in [-0.2, -0.15) is 0 Å². The van der Waals surface area contributed by atoms with E-state index < -0.39 is 0 Å². The first-order valence-electron chi connectivity index (χ1n) is 1.97. The predicted molar refractivity (Wildman–Crippen MR) is 27.4 cm³/mol. The summed E-state index contributed by atoms with van der Waals surface area (Å²) >= 11 is 0.300. The van der Waals surface area contributed by atoms with E-state index >= 15 is 0 Å². The van der Waals surface area contributed by atoms with E-state index in [9.17, 15) is 4.79 Å². The molecule has 0 rings (SSSR count). The van der Waals surface area contributed by atoms with E-state index in [1.165, 1.54) is 0 Å². The molecule has 0 saturated carbocycles. The molecule has 0 aromatic carbocycles. The van der Waals surface area contributed by atoms with E-state index in [4.69, 9.17) is 3.08 Å². The van der Waals surface area contributed by atoms with Crippen molar-refractivity contribution in [3.05, 3.63) is 0 Å². The zero-order valence-electron chi connectivity index (χ0n) is 4.52. The molecular weight excluding hydrogens is 199 g/mol. The molecule has 7 heavy (non-hydrogen) atoms. The van der Waals surface area contributed by atoms with Crippen LogP contribution in [0.25, 0.3) is 0 Å². The van der Waals surface area contributed by atoms with Gasteiger partial charge in [-0.15, -0.1) is 0 Å². The fourth-order valence-electron chi connectivity index (χ4n) is 0. The number of hydrogen-bond acceptors (Lipinski definition) is 2. The number of carbonyl (C=O) groups excluding carboxylic acids is 1. The second-order valence-electron chi connectivity index (χ2n) is 1.06. The van der Waals surface area contributed by atoms with E-state index in [1.807, 2.05) is 6.92 Å². The number of ketones is 1. The summed E-state index contributed by atoms with van der Waals surface area (Å²) in [6.45, 7) is 3.43. The Hall–Kier alpha value is 0.269. The fourth-order valence-corrected chi connectivity index (χ4v) is 0. The van der Waals surface area contributed by atoms with E-state index in [0.29, 0.717) is 28.9 Å². The molecule has 0 saturated heterocycles. The van der Waals surface area contributed by atoms with Crippen molar-refractivity contribution in [3.63, 3.8) is 0 Å². The van der Waals surface area contributed by atoms with Crippen molar-refractivity contribution in [3.8, 4) is 0 Å². The van der Waals surface area contributed by atoms with Crippen molar-refractivity contribution in [1.29, 1.82) is 0 Å². The molecule has 0 aromatic rings. The third-order valence-electron chi connectivity index (χ3n) is 0.498. The van der Waals surface area contributed by atoms with Crippen LogP contribution in [0.15, 0.2) is 0 Å². The number of hydrogen-bond donors (Lipinski definition) is 0. The molecule has 0 aliphatic rings. The van der Waals surface area contributed by atoms with Crippen molar-refractivity contribution < 1.29 is 7.87 Å². The summed E-state index contributed by atoms with van der Waals surface area (Å²) in [6.07, 6.45) is 0.667. The number of Topliss-reactive ketones (excluding diaryl/α,β-unsaturated/α-hetero) is 1. The minimum absolute atomic E-state index is 0.255. The van der Waals surface area contributed by atoms with Crippen LogP contribution in [0.1, 0.15) is 20.3 Å². The first kappa shape index (κ1) is 10.3. The van der Waals surface area contributed by atoms with Crippen molar-refractivity contribution in [2.45, 2.75) is 20.3 Å². The van der Waals surface area contributed by atoms with Gasteiger partial charge in [0.25, 0.3) is 0 Å². The quantitative estimate of drug-likeness (QED) is 0.586. The molecule has 2 radical (unpaired) electrons. The van der Waals surface area contributed by atoms with Gasteiger partial charge in [0.1, 0.15) is 5.78 Å². The molecule has 2 nitrogen and oxygen atoms in total. The third-order valence-corrected chi connectivity index (χ3v) is 0.498. The molecule has 0 aliphatic heterocycles. The Balaban J connectivity index is 0. The standard InChI is InChI=1S/C4H8O.O.Sn/c1-3-4(2)5;;/h3H2,1-2H3;;. The van der Waals surface area contributed by atoms with E-state index in [1.54, 1.807) is 6.92 Å². The summed E-state index contributed by atoms with van der Waals surface area (Å²) in [7, 11) is 0. The van der Waals surface area contributed by atoms with Crippen LogP contribution in [-0.2, 0) is 7.87 Å². The summed E-state index contributed by atoms with van der Waals surface area (Å²) in [5, 5.41) is 0. The maximum atomic E-state index is 9.81. The van der Waals surface area contributed by atoms with Crippen molar-refractivity contribution in [1.82, 2.24) is 0 Å². The molecule has 0 N–H and O–H groups in total. The monoisotopic (exact) mass is 208 g/mol. The molecule has 40 valence electrons. The van der Waals surface area contributed by atoms with E-state index in [-0.39, 0.29) is 5.78 Å². The van der Waals surface area contributed by atoms with Gasteiger partial charge < -0.3 is 4.79 Å². The topological polar surface area (TPSA) is 34.1 Å². The first-order chi connectivity index (χ1) is 3.27. The van der Waals surface area contributed by atoms with E-state index in [2.05, 4.69) is 0 Å². The second kappa shape index (κ2) is 9.55. The normalized spacial score (nSPS) is 6.00. The van der Waals surface area contributed by atoms with Gasteiger partial charge in [0.2, 0.25) is 0 Å². The van der Waals surface area contributed by atoms with Crippen LogP contribution in [0.4, 0.5) is 0 Å². The van der Waals surface area contributed by atoms with Gasteiger partial charge in [-0.25, -0.2) is 0 Å². The fraction of sp³-hybridized carbons (Fsp3) is 0.750. The van der Waals surface area contributed by atoms with Crippen LogP contribution < -0.4 is 0 Å². The summed E-state index contributed by atoms with van der Waals surface area (Å²) in [6, 6.07) is 0. The Morgan fingerprint density at radius 1 is 1.57 bits per heavy atom. The SMILES string of the molecule is CCC(C)=O.[O]=[Sn]. The molecule has 0 aliphatic carbocycles. The van der Waals surface area contributed by atoms with Gasteiger partial charge >= 0.3 is 25.6 Å². The average Bonchev–Trinajstić information content (AvgIpc) is 1.73. The Bertz CT molecular complexity index is 53.7. The summed E-state index contributed by atoms with van der Waals surface area (Å²) in [4.78, 5) is 9.81. The number of carbonyl (C=O) groups is 1. The van der Waals surface area contributed by atoms with E-state index in [0.717, 1.165) is 0 Å². The van der Waals surface area contributed by atoms with Gasteiger partial charge in [-0.05, 0) is 6.92 Å². The predicted octanol–water partition coefficient (Wildman–Crippen LogP) is 0.486. The molecule has 0 unspecified atom stereocenters. The van der Waals surface area contributed by atoms with Gasteiger partial charge in [0.15, 0.2) is 0 Å². The molecule has 0 aromatic heterocycles. The molecule has 0 atom stereocenters. The van der Waals surface area contributed by atoms with Gasteiger partial charge in [0, 0.05) is 6.42 Å². The summed E-state index contributed by atoms with van der Waals surface area (Å²) < 4.78 is 8.34. The van der Waals surface area contributed by atoms with Crippen molar-refractivity contribution >= 4 is 28.3 Å². The molecule has 0 amide bonds. The van der Waals surface area contributed by atoms with Crippen molar-refractivity contribution in [2.24, 2.45) is 0 Å². The van der Waals surface area contributed by atoms with Crippen LogP contribution in [0.2, 0.25) is 0 Å². The zero-order chi connectivity index (χ0) is 6.28. The number of rotatable bonds is 1. The zero-order valence-corrected chi connectivity index (χ0v) is 7.38. The average molecular weight is 207 g/mol. The Morgan fingerprint density at radius 2 is 1.71 bits per heavy atom. The van der Waals surface area contributed by atoms with Gasteiger partial charge in [-0.3, -0.25) is 0 Å². The summed E-state index contributed by atoms with van der Waals surface area (Å²) in [5.74, 6) is 0.255. The van der Waals surface area contributed by atoms with Crippen LogP contribution in [-0.4, -0.2) is 28.3 Å². The Labute approximate surface area is 56.8 Å². The Morgan fingerprint density at radius 3 is 1.71 bits per heavy atom. The van der Waals surface area contributed by atoms with Crippen molar-refractivity contribution in [2.75, 3.05) is 0 Å². The minimum atomic E-state index is 0.255. The van der Waals surface area contributed by atoms with Crippen LogP contribution >= 0.6 is 0 Å². The van der Waals surface area contributed by atoms with Crippen LogP contribution in [0.5, 0.6) is 0 Å². The van der Waals surface area contributed by atoms with Gasteiger partial charge in [0.05, 0.1) is 0 Å². The first-order valence-corrected chi connectivity index (χ1v) is 3.13. The second-order valence-corrected chi connectivity index (χ2v) is 1.06. The maximum absolute atomic E-state index is 9.81. The molecule has 0 spiro atoms. The molecule has 3 heteroatoms. The van der Waals surface area contributed by atoms with Crippen LogP contribution in [0.3, 0.4) is 0 Å². The van der Waals surface area contributed by atoms with Gasteiger partial charge in [-0.1, -0.05) is 6.92 Å². The third kappa shape index (κ3) is 22.2. The Kier molecular flexibility index (Phi) is 14.0. The van der Waals surface area contributed by atoms with Crippen LogP contribution in [0, 0.1) is 0 Å². The molecule has 0 fully saturated rings.